The van der Waals surface area contributed by atoms with E-state index >= 15 is 0 Å². The van der Waals surface area contributed by atoms with E-state index in [0.29, 0.717) is 30.5 Å². The summed E-state index contributed by atoms with van der Waals surface area (Å²) in [4.78, 5) is 0.174. The topological polar surface area (TPSA) is 102 Å². The van der Waals surface area contributed by atoms with Gasteiger partial charge >= 0.3 is 0 Å². The number of aryl methyl sites for hydroxylation is 1. The number of sulfonamides is 1. The van der Waals surface area contributed by atoms with Gasteiger partial charge in [-0.3, -0.25) is 4.72 Å². The molecule has 1 aliphatic heterocycles. The standard InChI is InChI=1S/C19H18N4O4S/c1-13-3-2-4-15(11-13)28(24,25)23-19-8-7-18(21-22-19)20-14-5-6-16-17(12-14)27-10-9-26-16/h2-8,11-12H,9-10H2,1H3,(H,20,21)(H,22,23). The van der Waals surface area contributed by atoms with Gasteiger partial charge in [0.25, 0.3) is 10.0 Å². The minimum absolute atomic E-state index is 0.134. The Morgan fingerprint density at radius 3 is 2.39 bits per heavy atom. The van der Waals surface area contributed by atoms with Crippen LogP contribution in [-0.2, 0) is 10.0 Å². The number of benzene rings is 2. The highest BCUT2D eigenvalue weighted by molar-refractivity contribution is 7.92. The molecule has 2 N–H and O–H groups in total. The van der Waals surface area contributed by atoms with E-state index in [2.05, 4.69) is 20.2 Å². The molecular weight excluding hydrogens is 380 g/mol. The number of nitrogens with one attached hydrogen (secondary N) is 2. The van der Waals surface area contributed by atoms with E-state index in [1.54, 1.807) is 24.3 Å². The zero-order valence-electron chi connectivity index (χ0n) is 15.0. The third-order valence-corrected chi connectivity index (χ3v) is 5.37. The van der Waals surface area contributed by atoms with Crippen LogP contribution in [-0.4, -0.2) is 31.8 Å². The maximum Gasteiger partial charge on any atom is 0.263 e. The summed E-state index contributed by atoms with van der Waals surface area (Å²) in [5.41, 5.74) is 1.61. The Balaban J connectivity index is 1.47. The first-order valence-electron chi connectivity index (χ1n) is 8.59. The van der Waals surface area contributed by atoms with Gasteiger partial charge in [-0.05, 0) is 48.9 Å². The molecule has 0 radical (unpaired) electrons. The third kappa shape index (κ3) is 3.99. The lowest BCUT2D eigenvalue weighted by Crippen LogP contribution is -2.15. The van der Waals surface area contributed by atoms with Gasteiger partial charge in [0.15, 0.2) is 23.1 Å². The molecule has 0 spiro atoms. The normalized spacial score (nSPS) is 13.0. The van der Waals surface area contributed by atoms with Crippen LogP contribution in [0.2, 0.25) is 0 Å². The molecule has 144 valence electrons. The smallest absolute Gasteiger partial charge is 0.263 e. The average Bonchev–Trinajstić information content (AvgIpc) is 2.69. The minimum Gasteiger partial charge on any atom is -0.486 e. The van der Waals surface area contributed by atoms with Gasteiger partial charge in [-0.1, -0.05) is 12.1 Å². The van der Waals surface area contributed by atoms with E-state index in [4.69, 9.17) is 9.47 Å². The quantitative estimate of drug-likeness (QED) is 0.681. The number of hydrogen-bond acceptors (Lipinski definition) is 7. The Bertz CT molecular complexity index is 1100. The second kappa shape index (κ2) is 7.35. The van der Waals surface area contributed by atoms with Crippen LogP contribution in [0.4, 0.5) is 17.3 Å². The maximum atomic E-state index is 12.4. The Kier molecular flexibility index (Phi) is 4.74. The largest absolute Gasteiger partial charge is 0.486 e. The van der Waals surface area contributed by atoms with Crippen LogP contribution in [0.25, 0.3) is 0 Å². The molecule has 2 aromatic carbocycles. The first-order valence-corrected chi connectivity index (χ1v) is 10.1. The van der Waals surface area contributed by atoms with E-state index in [0.717, 1.165) is 11.3 Å². The van der Waals surface area contributed by atoms with Crippen LogP contribution in [0.1, 0.15) is 5.56 Å². The Hall–Kier alpha value is -3.33. The van der Waals surface area contributed by atoms with E-state index < -0.39 is 10.0 Å². The molecule has 0 atom stereocenters. The van der Waals surface area contributed by atoms with Gasteiger partial charge < -0.3 is 14.8 Å². The Morgan fingerprint density at radius 1 is 0.893 bits per heavy atom. The molecule has 0 unspecified atom stereocenters. The Labute approximate surface area is 162 Å². The van der Waals surface area contributed by atoms with Gasteiger partial charge in [0, 0.05) is 11.8 Å². The molecule has 2 heterocycles. The number of anilines is 3. The van der Waals surface area contributed by atoms with Crippen molar-refractivity contribution >= 4 is 27.3 Å². The summed E-state index contributed by atoms with van der Waals surface area (Å²) in [5, 5.41) is 11.1. The molecule has 0 fully saturated rings. The lowest BCUT2D eigenvalue weighted by atomic mass is 10.2. The zero-order chi connectivity index (χ0) is 19.6. The number of hydrogen-bond donors (Lipinski definition) is 2. The Morgan fingerprint density at radius 2 is 1.64 bits per heavy atom. The molecule has 3 aromatic rings. The second-order valence-corrected chi connectivity index (χ2v) is 7.89. The highest BCUT2D eigenvalue weighted by Gasteiger charge is 2.15. The van der Waals surface area contributed by atoms with E-state index in [9.17, 15) is 8.42 Å². The SMILES string of the molecule is Cc1cccc(S(=O)(=O)Nc2ccc(Nc3ccc4c(c3)OCCO4)nn2)c1. The fourth-order valence-corrected chi connectivity index (χ4v) is 3.80. The van der Waals surface area contributed by atoms with Gasteiger partial charge in [-0.25, -0.2) is 8.42 Å². The van der Waals surface area contributed by atoms with E-state index in [1.807, 2.05) is 31.2 Å². The summed E-state index contributed by atoms with van der Waals surface area (Å²) >= 11 is 0. The summed E-state index contributed by atoms with van der Waals surface area (Å²) in [6.07, 6.45) is 0. The number of aromatic nitrogens is 2. The molecule has 4 rings (SSSR count). The summed E-state index contributed by atoms with van der Waals surface area (Å²) in [6.45, 7) is 2.87. The van der Waals surface area contributed by atoms with Crippen molar-refractivity contribution in [2.75, 3.05) is 23.3 Å². The predicted octanol–water partition coefficient (Wildman–Crippen LogP) is 3.10. The monoisotopic (exact) mass is 398 g/mol. The first-order chi connectivity index (χ1) is 13.5. The highest BCUT2D eigenvalue weighted by Crippen LogP contribution is 2.33. The van der Waals surface area contributed by atoms with Gasteiger partial charge in [0.2, 0.25) is 0 Å². The van der Waals surface area contributed by atoms with Gasteiger partial charge in [-0.2, -0.15) is 0 Å². The molecule has 1 aromatic heterocycles. The molecule has 9 heteroatoms. The number of rotatable bonds is 5. The van der Waals surface area contributed by atoms with Crippen molar-refractivity contribution in [2.45, 2.75) is 11.8 Å². The summed E-state index contributed by atoms with van der Waals surface area (Å²) in [7, 11) is -3.72. The van der Waals surface area contributed by atoms with Crippen molar-refractivity contribution in [2.24, 2.45) is 0 Å². The van der Waals surface area contributed by atoms with Crippen LogP contribution >= 0.6 is 0 Å². The fraction of sp³-hybridized carbons (Fsp3) is 0.158. The van der Waals surface area contributed by atoms with Crippen molar-refractivity contribution < 1.29 is 17.9 Å². The second-order valence-electron chi connectivity index (χ2n) is 6.21. The van der Waals surface area contributed by atoms with Crippen molar-refractivity contribution in [1.29, 1.82) is 0 Å². The van der Waals surface area contributed by atoms with Crippen LogP contribution < -0.4 is 19.5 Å². The van der Waals surface area contributed by atoms with Crippen LogP contribution in [0.3, 0.4) is 0 Å². The van der Waals surface area contributed by atoms with Crippen molar-refractivity contribution in [3.8, 4) is 11.5 Å². The van der Waals surface area contributed by atoms with E-state index in [-0.39, 0.29) is 10.7 Å². The number of ether oxygens (including phenoxy) is 2. The van der Waals surface area contributed by atoms with Crippen LogP contribution in [0.15, 0.2) is 59.5 Å². The molecule has 0 aliphatic carbocycles. The van der Waals surface area contributed by atoms with Crippen LogP contribution in [0.5, 0.6) is 11.5 Å². The molecule has 1 aliphatic rings. The van der Waals surface area contributed by atoms with Crippen molar-refractivity contribution in [3.05, 3.63) is 60.2 Å². The zero-order valence-corrected chi connectivity index (χ0v) is 15.9. The van der Waals surface area contributed by atoms with E-state index in [1.165, 1.54) is 6.07 Å². The van der Waals surface area contributed by atoms with Gasteiger partial charge in [-0.15, -0.1) is 10.2 Å². The minimum atomic E-state index is -3.72. The average molecular weight is 398 g/mol. The molecule has 0 bridgehead atoms. The fourth-order valence-electron chi connectivity index (χ4n) is 2.70. The van der Waals surface area contributed by atoms with Crippen LogP contribution in [0, 0.1) is 6.92 Å². The van der Waals surface area contributed by atoms with Crippen molar-refractivity contribution in [1.82, 2.24) is 10.2 Å². The lowest BCUT2D eigenvalue weighted by molar-refractivity contribution is 0.171. The van der Waals surface area contributed by atoms with Gasteiger partial charge in [0.1, 0.15) is 13.2 Å². The molecule has 28 heavy (non-hydrogen) atoms. The number of nitrogens with zero attached hydrogens (tertiary/aromatic N) is 2. The molecule has 0 saturated carbocycles. The maximum absolute atomic E-state index is 12.4. The predicted molar refractivity (Wildman–Crippen MR) is 105 cm³/mol. The third-order valence-electron chi connectivity index (χ3n) is 4.02. The van der Waals surface area contributed by atoms with Crippen molar-refractivity contribution in [3.63, 3.8) is 0 Å². The highest BCUT2D eigenvalue weighted by atomic mass is 32.2. The first kappa shape index (κ1) is 18.1. The lowest BCUT2D eigenvalue weighted by Gasteiger charge is -2.19. The molecule has 0 saturated heterocycles. The molecular formula is C19H18N4O4S. The molecule has 8 nitrogen and oxygen atoms in total. The summed E-state index contributed by atoms with van der Waals surface area (Å²) < 4.78 is 38.4. The van der Waals surface area contributed by atoms with Gasteiger partial charge in [0.05, 0.1) is 4.90 Å². The number of fused-ring (bicyclic) bond motifs is 1. The summed E-state index contributed by atoms with van der Waals surface area (Å²) in [5.74, 6) is 1.96. The summed E-state index contributed by atoms with van der Waals surface area (Å²) in [6, 6.07) is 15.3. The molecule has 0 amide bonds.